The van der Waals surface area contributed by atoms with E-state index in [1.54, 1.807) is 7.11 Å². The topological polar surface area (TPSA) is 18.5 Å². The Bertz CT molecular complexity index is 525. The summed E-state index contributed by atoms with van der Waals surface area (Å²) < 4.78 is 12.1. The molecule has 2 aromatic carbocycles. The second kappa shape index (κ2) is 7.86. The normalized spacial score (nSPS) is 12.2. The van der Waals surface area contributed by atoms with Gasteiger partial charge in [-0.15, -0.1) is 0 Å². The van der Waals surface area contributed by atoms with Crippen molar-refractivity contribution in [2.45, 2.75) is 12.7 Å². The lowest BCUT2D eigenvalue weighted by molar-refractivity contribution is 0.0577. The Morgan fingerprint density at radius 3 is 2.25 bits per heavy atom. The van der Waals surface area contributed by atoms with E-state index in [0.29, 0.717) is 6.61 Å². The smallest absolute Gasteiger partial charge is 0.118 e. The van der Waals surface area contributed by atoms with Crippen molar-refractivity contribution in [1.29, 1.82) is 0 Å². The van der Waals surface area contributed by atoms with Gasteiger partial charge >= 0.3 is 0 Å². The largest absolute Gasteiger partial charge is 0.497 e. The molecule has 106 valence electrons. The zero-order valence-electron chi connectivity index (χ0n) is 11.2. The van der Waals surface area contributed by atoms with E-state index in [1.165, 1.54) is 0 Å². The molecule has 0 N–H and O–H groups in total. The van der Waals surface area contributed by atoms with Gasteiger partial charge in [-0.2, -0.15) is 0 Å². The van der Waals surface area contributed by atoms with Crippen molar-refractivity contribution >= 4 is 34.2 Å². The maximum atomic E-state index is 5.99. The van der Waals surface area contributed by atoms with Crippen LogP contribution in [0.5, 0.6) is 5.75 Å². The third-order valence-electron chi connectivity index (χ3n) is 2.99. The van der Waals surface area contributed by atoms with Crippen molar-refractivity contribution in [3.63, 3.8) is 0 Å². The Labute approximate surface area is 138 Å². The summed E-state index contributed by atoms with van der Waals surface area (Å²) in [5.74, 6) is 0.860. The van der Waals surface area contributed by atoms with Gasteiger partial charge in [0.1, 0.15) is 5.75 Å². The van der Waals surface area contributed by atoms with E-state index in [-0.39, 0.29) is 6.10 Å². The Morgan fingerprint density at radius 2 is 1.70 bits per heavy atom. The number of methoxy groups -OCH3 is 1. The standard InChI is InChI=1S/C16H16ClIO2/c1-19-15-8-4-13(5-9-15)16(10-18)20-11-12-2-6-14(17)7-3-12/h2-9,16H,10-11H2,1H3. The lowest BCUT2D eigenvalue weighted by atomic mass is 10.1. The van der Waals surface area contributed by atoms with Gasteiger partial charge in [0.15, 0.2) is 0 Å². The van der Waals surface area contributed by atoms with Crippen LogP contribution in [0.4, 0.5) is 0 Å². The highest BCUT2D eigenvalue weighted by Gasteiger charge is 2.10. The van der Waals surface area contributed by atoms with Crippen molar-refractivity contribution in [1.82, 2.24) is 0 Å². The molecule has 0 aliphatic rings. The first-order valence-electron chi connectivity index (χ1n) is 6.29. The molecule has 0 saturated carbocycles. The number of halogens is 2. The highest BCUT2D eigenvalue weighted by molar-refractivity contribution is 14.1. The van der Waals surface area contributed by atoms with Crippen LogP contribution in [-0.2, 0) is 11.3 Å². The van der Waals surface area contributed by atoms with Crippen LogP contribution < -0.4 is 4.74 Å². The van der Waals surface area contributed by atoms with E-state index < -0.39 is 0 Å². The van der Waals surface area contributed by atoms with Crippen LogP contribution >= 0.6 is 34.2 Å². The van der Waals surface area contributed by atoms with Gasteiger partial charge in [-0.05, 0) is 35.4 Å². The first-order chi connectivity index (χ1) is 9.72. The van der Waals surface area contributed by atoms with E-state index in [4.69, 9.17) is 21.1 Å². The molecule has 0 amide bonds. The number of hydrogen-bond acceptors (Lipinski definition) is 2. The summed E-state index contributed by atoms with van der Waals surface area (Å²) in [5, 5.41) is 0.745. The summed E-state index contributed by atoms with van der Waals surface area (Å²) in [7, 11) is 1.67. The highest BCUT2D eigenvalue weighted by Crippen LogP contribution is 2.24. The van der Waals surface area contributed by atoms with Crippen molar-refractivity contribution in [3.05, 3.63) is 64.7 Å². The van der Waals surface area contributed by atoms with Crippen molar-refractivity contribution in [2.75, 3.05) is 11.5 Å². The molecule has 0 aromatic heterocycles. The summed E-state index contributed by atoms with van der Waals surface area (Å²) in [6.45, 7) is 0.580. The van der Waals surface area contributed by atoms with Crippen LogP contribution in [-0.4, -0.2) is 11.5 Å². The molecule has 0 spiro atoms. The molecule has 20 heavy (non-hydrogen) atoms. The zero-order chi connectivity index (χ0) is 14.4. The quantitative estimate of drug-likeness (QED) is 0.498. The Balaban J connectivity index is 1.99. The molecule has 0 radical (unpaired) electrons. The van der Waals surface area contributed by atoms with Crippen molar-refractivity contribution in [3.8, 4) is 5.75 Å². The average Bonchev–Trinajstić information content (AvgIpc) is 2.50. The second-order valence-electron chi connectivity index (χ2n) is 4.35. The zero-order valence-corrected chi connectivity index (χ0v) is 14.1. The minimum atomic E-state index is 0.0807. The Kier molecular flexibility index (Phi) is 6.13. The molecule has 1 atom stereocenters. The molecule has 0 saturated heterocycles. The van der Waals surface area contributed by atoms with Gasteiger partial charge in [0.2, 0.25) is 0 Å². The maximum absolute atomic E-state index is 5.99. The monoisotopic (exact) mass is 402 g/mol. The number of rotatable bonds is 6. The van der Waals surface area contributed by atoms with Gasteiger partial charge in [-0.25, -0.2) is 0 Å². The highest BCUT2D eigenvalue weighted by atomic mass is 127. The van der Waals surface area contributed by atoms with E-state index >= 15 is 0 Å². The third kappa shape index (κ3) is 4.36. The predicted octanol–water partition coefficient (Wildman–Crippen LogP) is 5.04. The number of alkyl halides is 1. The van der Waals surface area contributed by atoms with Crippen LogP contribution in [0.15, 0.2) is 48.5 Å². The predicted molar refractivity (Wildman–Crippen MR) is 90.9 cm³/mol. The van der Waals surface area contributed by atoms with E-state index in [9.17, 15) is 0 Å². The van der Waals surface area contributed by atoms with Gasteiger partial charge in [-0.3, -0.25) is 0 Å². The molecule has 2 aromatic rings. The van der Waals surface area contributed by atoms with Gasteiger partial charge in [0, 0.05) is 9.45 Å². The van der Waals surface area contributed by atoms with Crippen LogP contribution in [0.3, 0.4) is 0 Å². The SMILES string of the molecule is COc1ccc(C(CI)OCc2ccc(Cl)cc2)cc1. The molecular formula is C16H16ClIO2. The fraction of sp³-hybridized carbons (Fsp3) is 0.250. The number of benzene rings is 2. The van der Waals surface area contributed by atoms with Crippen LogP contribution in [0.25, 0.3) is 0 Å². The summed E-state index contributed by atoms with van der Waals surface area (Å²) in [6, 6.07) is 15.7. The van der Waals surface area contributed by atoms with E-state index in [1.807, 2.05) is 48.5 Å². The first kappa shape index (κ1) is 15.6. The van der Waals surface area contributed by atoms with Crippen molar-refractivity contribution in [2.24, 2.45) is 0 Å². The summed E-state index contributed by atoms with van der Waals surface area (Å²) in [5.41, 5.74) is 2.28. The van der Waals surface area contributed by atoms with Crippen LogP contribution in [0.1, 0.15) is 17.2 Å². The molecule has 0 aliphatic carbocycles. The molecule has 0 fully saturated rings. The summed E-state index contributed by atoms with van der Waals surface area (Å²) >= 11 is 8.21. The molecule has 0 bridgehead atoms. The Hall–Kier alpha value is -0.780. The maximum Gasteiger partial charge on any atom is 0.118 e. The molecule has 1 unspecified atom stereocenters. The van der Waals surface area contributed by atoms with Gasteiger partial charge in [0.25, 0.3) is 0 Å². The fourth-order valence-corrected chi connectivity index (χ4v) is 2.71. The molecule has 2 rings (SSSR count). The first-order valence-corrected chi connectivity index (χ1v) is 8.19. The molecular weight excluding hydrogens is 387 g/mol. The molecule has 0 aliphatic heterocycles. The average molecular weight is 403 g/mol. The minimum Gasteiger partial charge on any atom is -0.497 e. The lowest BCUT2D eigenvalue weighted by Crippen LogP contribution is -2.06. The molecule has 4 heteroatoms. The summed E-state index contributed by atoms with van der Waals surface area (Å²) in [6.07, 6.45) is 0.0807. The summed E-state index contributed by atoms with van der Waals surface area (Å²) in [4.78, 5) is 0. The van der Waals surface area contributed by atoms with Gasteiger partial charge in [0.05, 0.1) is 19.8 Å². The third-order valence-corrected chi connectivity index (χ3v) is 4.04. The number of hydrogen-bond donors (Lipinski definition) is 0. The van der Waals surface area contributed by atoms with Crippen LogP contribution in [0, 0.1) is 0 Å². The van der Waals surface area contributed by atoms with E-state index in [2.05, 4.69) is 22.6 Å². The second-order valence-corrected chi connectivity index (χ2v) is 5.67. The van der Waals surface area contributed by atoms with Gasteiger partial charge < -0.3 is 9.47 Å². The Morgan fingerprint density at radius 1 is 1.05 bits per heavy atom. The van der Waals surface area contributed by atoms with Gasteiger partial charge in [-0.1, -0.05) is 58.5 Å². The minimum absolute atomic E-state index is 0.0807. The fourth-order valence-electron chi connectivity index (χ4n) is 1.83. The molecule has 0 heterocycles. The lowest BCUT2D eigenvalue weighted by Gasteiger charge is -2.16. The molecule has 2 nitrogen and oxygen atoms in total. The van der Waals surface area contributed by atoms with Crippen LogP contribution in [0.2, 0.25) is 5.02 Å². The number of ether oxygens (including phenoxy) is 2. The van der Waals surface area contributed by atoms with Crippen molar-refractivity contribution < 1.29 is 9.47 Å². The van der Waals surface area contributed by atoms with E-state index in [0.717, 1.165) is 26.3 Å².